The minimum atomic E-state index is -1.57. The van der Waals surface area contributed by atoms with Crippen molar-refractivity contribution in [3.63, 3.8) is 0 Å². The molecule has 152 valence electrons. The van der Waals surface area contributed by atoms with Crippen molar-refractivity contribution in [1.29, 1.82) is 0 Å². The minimum absolute atomic E-state index is 0.344. The normalized spacial score (nSPS) is 29.6. The first-order valence-corrected chi connectivity index (χ1v) is 9.39. The molecule has 0 aliphatic carbocycles. The van der Waals surface area contributed by atoms with Crippen molar-refractivity contribution in [3.8, 4) is 0 Å². The summed E-state index contributed by atoms with van der Waals surface area (Å²) >= 11 is 6.17. The summed E-state index contributed by atoms with van der Waals surface area (Å²) in [4.78, 5) is 50.7. The van der Waals surface area contributed by atoms with E-state index in [-0.39, 0.29) is 0 Å². The van der Waals surface area contributed by atoms with Gasteiger partial charge in [-0.25, -0.2) is 4.90 Å². The predicted molar refractivity (Wildman–Crippen MR) is 99.7 cm³/mol. The van der Waals surface area contributed by atoms with Gasteiger partial charge in [0.05, 0.1) is 23.6 Å². The highest BCUT2D eigenvalue weighted by Crippen LogP contribution is 2.54. The molecule has 9 heteroatoms. The number of nitrogens with zero attached hydrogens (tertiary/aromatic N) is 1. The molecule has 0 radical (unpaired) electrons. The standard InChI is InChI=1S/C20H18ClNO7/c1-9-4-5-12(8-13(9)21)22-17(25)15-14-6-7-20(29-14,16(15)18(22)26)19(27-10(2)23)28-11(3)24/h4-8,14-16,19H,1-3H3/t14-,15+,16-,20+/m1/s1. The van der Waals surface area contributed by atoms with Gasteiger partial charge in [-0.05, 0) is 30.7 Å². The number of ether oxygens (including phenoxy) is 3. The highest BCUT2D eigenvalue weighted by molar-refractivity contribution is 6.32. The van der Waals surface area contributed by atoms with Crippen LogP contribution in [0, 0.1) is 18.8 Å². The van der Waals surface area contributed by atoms with Crippen LogP contribution in [0.4, 0.5) is 5.69 Å². The van der Waals surface area contributed by atoms with Crippen LogP contribution in [0.1, 0.15) is 19.4 Å². The number of carbonyl (C=O) groups excluding carboxylic acids is 4. The van der Waals surface area contributed by atoms with E-state index >= 15 is 0 Å². The highest BCUT2D eigenvalue weighted by Gasteiger charge is 2.72. The molecule has 0 aromatic heterocycles. The number of imide groups is 1. The first-order chi connectivity index (χ1) is 13.7. The zero-order valence-corrected chi connectivity index (χ0v) is 16.6. The van der Waals surface area contributed by atoms with E-state index < -0.39 is 53.6 Å². The lowest BCUT2D eigenvalue weighted by Crippen LogP contribution is -2.52. The Labute approximate surface area is 171 Å². The van der Waals surface area contributed by atoms with Crippen LogP contribution in [0.15, 0.2) is 30.4 Å². The van der Waals surface area contributed by atoms with Gasteiger partial charge in [0, 0.05) is 18.9 Å². The third-order valence-electron chi connectivity index (χ3n) is 5.41. The number of aryl methyl sites for hydroxylation is 1. The Morgan fingerprint density at radius 1 is 1.17 bits per heavy atom. The topological polar surface area (TPSA) is 99.2 Å². The summed E-state index contributed by atoms with van der Waals surface area (Å²) in [6, 6.07) is 4.90. The molecule has 4 rings (SSSR count). The number of hydrogen-bond acceptors (Lipinski definition) is 7. The summed E-state index contributed by atoms with van der Waals surface area (Å²) in [5.41, 5.74) is -0.417. The van der Waals surface area contributed by atoms with E-state index in [0.29, 0.717) is 10.7 Å². The first-order valence-electron chi connectivity index (χ1n) is 9.01. The zero-order valence-electron chi connectivity index (χ0n) is 15.9. The van der Waals surface area contributed by atoms with Crippen LogP contribution in [0.3, 0.4) is 0 Å². The third-order valence-corrected chi connectivity index (χ3v) is 5.81. The number of rotatable bonds is 4. The number of esters is 2. The number of anilines is 1. The third kappa shape index (κ3) is 2.86. The molecule has 0 N–H and O–H groups in total. The molecule has 3 heterocycles. The van der Waals surface area contributed by atoms with Crippen molar-refractivity contribution in [3.05, 3.63) is 40.9 Å². The van der Waals surface area contributed by atoms with Crippen molar-refractivity contribution >= 4 is 41.0 Å². The van der Waals surface area contributed by atoms with E-state index in [0.717, 1.165) is 24.3 Å². The van der Waals surface area contributed by atoms with Crippen LogP contribution in [0.25, 0.3) is 0 Å². The Morgan fingerprint density at radius 2 is 1.83 bits per heavy atom. The zero-order chi connectivity index (χ0) is 21.1. The second-order valence-corrected chi connectivity index (χ2v) is 7.70. The van der Waals surface area contributed by atoms with Gasteiger partial charge in [-0.2, -0.15) is 0 Å². The SMILES string of the molecule is CC(=O)OC(OC(C)=O)[C@@]12C=C[C@@H](O1)[C@@H]1C(=O)N(c3ccc(C)c(Cl)c3)C(=O)[C@@H]12. The van der Waals surface area contributed by atoms with Crippen molar-refractivity contribution in [2.75, 3.05) is 4.90 Å². The number of fused-ring (bicyclic) bond motifs is 5. The number of carbonyl (C=O) groups is 4. The van der Waals surface area contributed by atoms with Gasteiger partial charge in [-0.3, -0.25) is 19.2 Å². The summed E-state index contributed by atoms with van der Waals surface area (Å²) in [5, 5.41) is 0.421. The molecule has 2 fully saturated rings. The number of amides is 2. The average molecular weight is 420 g/mol. The lowest BCUT2D eigenvalue weighted by Gasteiger charge is -2.34. The van der Waals surface area contributed by atoms with Gasteiger partial charge in [0.1, 0.15) is 0 Å². The van der Waals surface area contributed by atoms with Gasteiger partial charge in [0.25, 0.3) is 6.29 Å². The second kappa shape index (κ2) is 6.67. The van der Waals surface area contributed by atoms with Gasteiger partial charge < -0.3 is 14.2 Å². The van der Waals surface area contributed by atoms with Crippen molar-refractivity contribution in [1.82, 2.24) is 0 Å². The molecular formula is C20H18ClNO7. The van der Waals surface area contributed by atoms with Crippen molar-refractivity contribution < 1.29 is 33.4 Å². The lowest BCUT2D eigenvalue weighted by atomic mass is 9.76. The molecule has 2 bridgehead atoms. The van der Waals surface area contributed by atoms with Gasteiger partial charge >= 0.3 is 11.9 Å². The van der Waals surface area contributed by atoms with Crippen LogP contribution >= 0.6 is 11.6 Å². The Bertz CT molecular complexity index is 958. The summed E-state index contributed by atoms with van der Waals surface area (Å²) in [7, 11) is 0. The molecule has 0 unspecified atom stereocenters. The monoisotopic (exact) mass is 419 g/mol. The van der Waals surface area contributed by atoms with Crippen LogP contribution in [0.2, 0.25) is 5.02 Å². The van der Waals surface area contributed by atoms with E-state index in [4.69, 9.17) is 25.8 Å². The smallest absolute Gasteiger partial charge is 0.305 e. The Hall–Kier alpha value is -2.71. The first kappa shape index (κ1) is 19.6. The molecular weight excluding hydrogens is 402 g/mol. The quantitative estimate of drug-likeness (QED) is 0.318. The maximum absolute atomic E-state index is 13.3. The van der Waals surface area contributed by atoms with Crippen LogP contribution in [-0.4, -0.2) is 41.7 Å². The fraction of sp³-hybridized carbons (Fsp3) is 0.400. The Kier molecular flexibility index (Phi) is 4.51. The van der Waals surface area contributed by atoms with E-state index in [9.17, 15) is 19.2 Å². The summed E-state index contributed by atoms with van der Waals surface area (Å²) in [6.45, 7) is 4.11. The number of benzene rings is 1. The predicted octanol–water partition coefficient (Wildman–Crippen LogP) is 1.91. The average Bonchev–Trinajstić information content (AvgIpc) is 3.28. The second-order valence-electron chi connectivity index (χ2n) is 7.29. The minimum Gasteiger partial charge on any atom is -0.422 e. The van der Waals surface area contributed by atoms with Crippen LogP contribution < -0.4 is 4.90 Å². The number of hydrogen-bond donors (Lipinski definition) is 0. The summed E-state index contributed by atoms with van der Waals surface area (Å²) in [6.07, 6.45) is 0.965. The molecule has 3 aliphatic heterocycles. The molecule has 29 heavy (non-hydrogen) atoms. The molecule has 0 spiro atoms. The molecule has 8 nitrogen and oxygen atoms in total. The molecule has 1 aromatic carbocycles. The largest absolute Gasteiger partial charge is 0.422 e. The van der Waals surface area contributed by atoms with Gasteiger partial charge in [-0.15, -0.1) is 0 Å². The molecule has 2 saturated heterocycles. The van der Waals surface area contributed by atoms with E-state index in [1.54, 1.807) is 24.3 Å². The van der Waals surface area contributed by atoms with Crippen molar-refractivity contribution in [2.45, 2.75) is 38.8 Å². The fourth-order valence-corrected chi connectivity index (χ4v) is 4.37. The Balaban J connectivity index is 1.75. The van der Waals surface area contributed by atoms with Gasteiger partial charge in [-0.1, -0.05) is 23.7 Å². The maximum atomic E-state index is 13.3. The Morgan fingerprint density at radius 3 is 2.41 bits per heavy atom. The molecule has 3 aliphatic rings. The van der Waals surface area contributed by atoms with Gasteiger partial charge in [0.15, 0.2) is 5.60 Å². The van der Waals surface area contributed by atoms with E-state index in [2.05, 4.69) is 0 Å². The van der Waals surface area contributed by atoms with Crippen LogP contribution in [0.5, 0.6) is 0 Å². The highest BCUT2D eigenvalue weighted by atomic mass is 35.5. The lowest BCUT2D eigenvalue weighted by molar-refractivity contribution is -0.226. The van der Waals surface area contributed by atoms with E-state index in [1.165, 1.54) is 6.08 Å². The van der Waals surface area contributed by atoms with Crippen molar-refractivity contribution in [2.24, 2.45) is 11.8 Å². The molecule has 0 saturated carbocycles. The van der Waals surface area contributed by atoms with Gasteiger partial charge in [0.2, 0.25) is 11.8 Å². The maximum Gasteiger partial charge on any atom is 0.305 e. The van der Waals surface area contributed by atoms with E-state index in [1.807, 2.05) is 6.92 Å². The van der Waals surface area contributed by atoms with Crippen LogP contribution in [-0.2, 0) is 33.4 Å². The fourth-order valence-electron chi connectivity index (χ4n) is 4.19. The molecule has 1 aromatic rings. The number of halogens is 1. The summed E-state index contributed by atoms with van der Waals surface area (Å²) < 4.78 is 16.2. The molecule has 4 atom stereocenters. The summed E-state index contributed by atoms with van der Waals surface area (Å²) in [5.74, 6) is -4.23. The molecule has 2 amide bonds.